The van der Waals surface area contributed by atoms with Gasteiger partial charge in [-0.2, -0.15) is 0 Å². The zero-order valence-corrected chi connectivity index (χ0v) is 8.99. The third-order valence-corrected chi connectivity index (χ3v) is 2.11. The third kappa shape index (κ3) is 3.65. The average molecular weight is 190 g/mol. The first-order valence-electron chi connectivity index (χ1n) is 5.22. The topological polar surface area (TPSA) is 9.23 Å². The van der Waals surface area contributed by atoms with Crippen molar-refractivity contribution < 1.29 is 4.74 Å². The van der Waals surface area contributed by atoms with E-state index in [1.807, 2.05) is 18.2 Å². The summed E-state index contributed by atoms with van der Waals surface area (Å²) in [5.41, 5.74) is 1.17. The van der Waals surface area contributed by atoms with E-state index >= 15 is 0 Å². The lowest BCUT2D eigenvalue weighted by Gasteiger charge is -2.02. The number of unbranched alkanes of at least 4 members (excludes halogenated alkanes) is 2. The molecule has 0 N–H and O–H groups in total. The van der Waals surface area contributed by atoms with E-state index in [1.165, 1.54) is 18.4 Å². The number of allylic oxidation sites excluding steroid dienone is 1. The van der Waals surface area contributed by atoms with Gasteiger partial charge in [0.1, 0.15) is 5.75 Å². The lowest BCUT2D eigenvalue weighted by molar-refractivity contribution is 0.474. The summed E-state index contributed by atoms with van der Waals surface area (Å²) in [7, 11) is 0. The van der Waals surface area contributed by atoms with Crippen LogP contribution in [0.4, 0.5) is 0 Å². The highest BCUT2D eigenvalue weighted by molar-refractivity contribution is 5.32. The molecule has 0 atom stereocenters. The van der Waals surface area contributed by atoms with Crippen LogP contribution in [-0.2, 0) is 0 Å². The van der Waals surface area contributed by atoms with E-state index in [1.54, 1.807) is 6.26 Å². The van der Waals surface area contributed by atoms with E-state index in [0.29, 0.717) is 0 Å². The lowest BCUT2D eigenvalue weighted by atomic mass is 10.2. The van der Waals surface area contributed by atoms with Gasteiger partial charge in [-0.15, -0.1) is 0 Å². The van der Waals surface area contributed by atoms with Gasteiger partial charge in [0.25, 0.3) is 0 Å². The minimum absolute atomic E-state index is 0.945. The van der Waals surface area contributed by atoms with Gasteiger partial charge in [-0.25, -0.2) is 0 Å². The molecule has 1 aromatic carbocycles. The fourth-order valence-electron chi connectivity index (χ4n) is 1.20. The second-order valence-electron chi connectivity index (χ2n) is 3.40. The standard InChI is InChI=1S/C13H18O/c1-3-4-5-8-11-14-13-10-7-6-9-12(13)2/h6-11H,3-5H2,1-2H3. The maximum absolute atomic E-state index is 5.50. The summed E-state index contributed by atoms with van der Waals surface area (Å²) in [6, 6.07) is 8.04. The van der Waals surface area contributed by atoms with Gasteiger partial charge in [-0.3, -0.25) is 0 Å². The summed E-state index contributed by atoms with van der Waals surface area (Å²) in [4.78, 5) is 0. The Bertz CT molecular complexity index is 289. The van der Waals surface area contributed by atoms with E-state index in [-0.39, 0.29) is 0 Å². The largest absolute Gasteiger partial charge is 0.465 e. The monoisotopic (exact) mass is 190 g/mol. The molecule has 0 aliphatic carbocycles. The zero-order valence-electron chi connectivity index (χ0n) is 8.99. The van der Waals surface area contributed by atoms with Gasteiger partial charge in [0, 0.05) is 0 Å². The van der Waals surface area contributed by atoms with Gasteiger partial charge in [0.2, 0.25) is 0 Å². The van der Waals surface area contributed by atoms with Crippen LogP contribution in [0.25, 0.3) is 0 Å². The Morgan fingerprint density at radius 3 is 2.79 bits per heavy atom. The first-order chi connectivity index (χ1) is 6.84. The van der Waals surface area contributed by atoms with Crippen molar-refractivity contribution in [1.82, 2.24) is 0 Å². The highest BCUT2D eigenvalue weighted by Gasteiger charge is 1.93. The van der Waals surface area contributed by atoms with Crippen LogP contribution < -0.4 is 4.74 Å². The SMILES string of the molecule is CCCCC=COc1ccccc1C. The first kappa shape index (κ1) is 10.8. The number of benzene rings is 1. The molecular formula is C13H18O. The van der Waals surface area contributed by atoms with Crippen LogP contribution in [0.15, 0.2) is 36.6 Å². The summed E-state index contributed by atoms with van der Waals surface area (Å²) in [5.74, 6) is 0.945. The number of aryl methyl sites for hydroxylation is 1. The second-order valence-corrected chi connectivity index (χ2v) is 3.40. The van der Waals surface area contributed by atoms with E-state index < -0.39 is 0 Å². The molecule has 0 amide bonds. The van der Waals surface area contributed by atoms with Crippen molar-refractivity contribution >= 4 is 0 Å². The molecule has 0 fully saturated rings. The van der Waals surface area contributed by atoms with Crippen LogP contribution in [0.1, 0.15) is 31.7 Å². The van der Waals surface area contributed by atoms with Gasteiger partial charge in [0.05, 0.1) is 6.26 Å². The fraction of sp³-hybridized carbons (Fsp3) is 0.385. The Morgan fingerprint density at radius 1 is 1.29 bits per heavy atom. The molecule has 14 heavy (non-hydrogen) atoms. The number of rotatable bonds is 5. The van der Waals surface area contributed by atoms with Gasteiger partial charge < -0.3 is 4.74 Å². The number of hydrogen-bond acceptors (Lipinski definition) is 1. The van der Waals surface area contributed by atoms with Crippen LogP contribution in [0.3, 0.4) is 0 Å². The molecule has 1 aromatic rings. The quantitative estimate of drug-likeness (QED) is 0.502. The zero-order chi connectivity index (χ0) is 10.2. The normalized spacial score (nSPS) is 10.7. The van der Waals surface area contributed by atoms with Gasteiger partial charge in [-0.05, 0) is 37.5 Å². The molecular weight excluding hydrogens is 172 g/mol. The number of hydrogen-bond donors (Lipinski definition) is 0. The van der Waals surface area contributed by atoms with Crippen LogP contribution in [-0.4, -0.2) is 0 Å². The lowest BCUT2D eigenvalue weighted by Crippen LogP contribution is -1.84. The van der Waals surface area contributed by atoms with Crippen molar-refractivity contribution in [3.8, 4) is 5.75 Å². The van der Waals surface area contributed by atoms with Crippen molar-refractivity contribution in [3.63, 3.8) is 0 Å². The molecule has 0 radical (unpaired) electrons. The highest BCUT2D eigenvalue weighted by Crippen LogP contribution is 2.16. The second kappa shape index (κ2) is 6.25. The molecule has 0 spiro atoms. The van der Waals surface area contributed by atoms with Gasteiger partial charge >= 0.3 is 0 Å². The molecule has 0 saturated heterocycles. The van der Waals surface area contributed by atoms with E-state index in [0.717, 1.165) is 12.2 Å². The first-order valence-corrected chi connectivity index (χ1v) is 5.22. The Balaban J connectivity index is 2.38. The molecule has 0 unspecified atom stereocenters. The Hall–Kier alpha value is -1.24. The predicted octanol–water partition coefficient (Wildman–Crippen LogP) is 4.08. The van der Waals surface area contributed by atoms with Crippen LogP contribution in [0, 0.1) is 6.92 Å². The Morgan fingerprint density at radius 2 is 2.07 bits per heavy atom. The fourth-order valence-corrected chi connectivity index (χ4v) is 1.20. The molecule has 1 nitrogen and oxygen atoms in total. The van der Waals surface area contributed by atoms with Crippen molar-refractivity contribution in [1.29, 1.82) is 0 Å². The van der Waals surface area contributed by atoms with Crippen LogP contribution in [0.5, 0.6) is 5.75 Å². The Labute approximate surface area is 86.4 Å². The van der Waals surface area contributed by atoms with E-state index in [4.69, 9.17) is 4.74 Å². The highest BCUT2D eigenvalue weighted by atomic mass is 16.5. The van der Waals surface area contributed by atoms with Crippen molar-refractivity contribution in [2.24, 2.45) is 0 Å². The maximum Gasteiger partial charge on any atom is 0.129 e. The number of ether oxygens (including phenoxy) is 1. The van der Waals surface area contributed by atoms with Crippen LogP contribution in [0.2, 0.25) is 0 Å². The summed E-state index contributed by atoms with van der Waals surface area (Å²) < 4.78 is 5.50. The summed E-state index contributed by atoms with van der Waals surface area (Å²) in [6.45, 7) is 4.24. The summed E-state index contributed by atoms with van der Waals surface area (Å²) in [5, 5.41) is 0. The van der Waals surface area contributed by atoms with Gasteiger partial charge in [-0.1, -0.05) is 31.5 Å². The predicted molar refractivity (Wildman–Crippen MR) is 60.5 cm³/mol. The summed E-state index contributed by atoms with van der Waals surface area (Å²) in [6.07, 6.45) is 7.43. The maximum atomic E-state index is 5.50. The average Bonchev–Trinajstić information content (AvgIpc) is 2.20. The minimum Gasteiger partial charge on any atom is -0.465 e. The third-order valence-electron chi connectivity index (χ3n) is 2.11. The van der Waals surface area contributed by atoms with Crippen molar-refractivity contribution in [3.05, 3.63) is 42.2 Å². The van der Waals surface area contributed by atoms with Crippen LogP contribution >= 0.6 is 0 Å². The molecule has 0 heterocycles. The molecule has 0 aliphatic rings. The smallest absolute Gasteiger partial charge is 0.129 e. The molecule has 1 heteroatoms. The molecule has 0 bridgehead atoms. The molecule has 0 saturated carbocycles. The minimum atomic E-state index is 0.945. The van der Waals surface area contributed by atoms with Crippen molar-refractivity contribution in [2.75, 3.05) is 0 Å². The van der Waals surface area contributed by atoms with E-state index in [9.17, 15) is 0 Å². The molecule has 76 valence electrons. The summed E-state index contributed by atoms with van der Waals surface area (Å²) >= 11 is 0. The van der Waals surface area contributed by atoms with E-state index in [2.05, 4.69) is 26.0 Å². The molecule has 1 rings (SSSR count). The van der Waals surface area contributed by atoms with Crippen molar-refractivity contribution in [2.45, 2.75) is 33.1 Å². The molecule has 0 aliphatic heterocycles. The molecule has 0 aromatic heterocycles. The van der Waals surface area contributed by atoms with Gasteiger partial charge in [0.15, 0.2) is 0 Å². The Kier molecular flexibility index (Phi) is 4.84. The number of para-hydroxylation sites is 1.